The van der Waals surface area contributed by atoms with Gasteiger partial charge in [-0.2, -0.15) is 5.10 Å². The Balaban J connectivity index is 1.86. The Morgan fingerprint density at radius 2 is 1.52 bits per heavy atom. The fourth-order valence-corrected chi connectivity index (χ4v) is 4.55. The maximum atomic E-state index is 13.3. The number of amides is 1. The van der Waals surface area contributed by atoms with Crippen molar-refractivity contribution in [1.29, 1.82) is 0 Å². The van der Waals surface area contributed by atoms with Crippen molar-refractivity contribution in [2.24, 2.45) is 5.10 Å². The van der Waals surface area contributed by atoms with Crippen LogP contribution in [0.4, 0.5) is 5.69 Å². The van der Waals surface area contributed by atoms with Crippen LogP contribution in [0.5, 0.6) is 0 Å². The van der Waals surface area contributed by atoms with Crippen molar-refractivity contribution in [2.45, 2.75) is 25.7 Å². The highest BCUT2D eigenvalue weighted by Gasteiger charge is 2.27. The van der Waals surface area contributed by atoms with Crippen LogP contribution in [0.2, 0.25) is 0 Å². The van der Waals surface area contributed by atoms with Crippen molar-refractivity contribution in [3.05, 3.63) is 95.1 Å². The average molecular weight is 436 g/mol. The molecular weight excluding hydrogens is 410 g/mol. The van der Waals surface area contributed by atoms with Gasteiger partial charge in [-0.1, -0.05) is 54.1 Å². The number of rotatable bonds is 7. The Kier molecular flexibility index (Phi) is 6.87. The lowest BCUT2D eigenvalue weighted by atomic mass is 10.1. The van der Waals surface area contributed by atoms with Gasteiger partial charge in [-0.3, -0.25) is 9.10 Å². The largest absolute Gasteiger partial charge is 0.271 e. The molecule has 0 spiro atoms. The summed E-state index contributed by atoms with van der Waals surface area (Å²) in [6.45, 7) is 5.36. The van der Waals surface area contributed by atoms with E-state index in [1.807, 2.05) is 51.1 Å². The maximum Gasteiger partial charge on any atom is 0.264 e. The molecule has 3 aromatic carbocycles. The summed E-state index contributed by atoms with van der Waals surface area (Å²) in [6.07, 6.45) is 1.52. The highest BCUT2D eigenvalue weighted by Crippen LogP contribution is 2.25. The summed E-state index contributed by atoms with van der Waals surface area (Å²) in [6, 6.07) is 21.2. The molecule has 160 valence electrons. The molecule has 0 radical (unpaired) electrons. The van der Waals surface area contributed by atoms with Crippen molar-refractivity contribution in [3.8, 4) is 0 Å². The molecule has 7 heteroatoms. The molecule has 0 fully saturated rings. The third-order valence-electron chi connectivity index (χ3n) is 4.59. The highest BCUT2D eigenvalue weighted by atomic mass is 32.2. The van der Waals surface area contributed by atoms with Gasteiger partial charge in [0.15, 0.2) is 0 Å². The number of carbonyl (C=O) groups excluding carboxylic acids is 1. The molecule has 0 unspecified atom stereocenters. The van der Waals surface area contributed by atoms with E-state index in [0.29, 0.717) is 5.69 Å². The van der Waals surface area contributed by atoms with Gasteiger partial charge in [-0.15, -0.1) is 0 Å². The maximum absolute atomic E-state index is 13.3. The summed E-state index contributed by atoms with van der Waals surface area (Å²) in [4.78, 5) is 12.7. The molecule has 0 aliphatic carbocycles. The molecule has 0 aliphatic rings. The van der Waals surface area contributed by atoms with Gasteiger partial charge in [0.1, 0.15) is 6.54 Å². The molecule has 3 aromatic rings. The van der Waals surface area contributed by atoms with Gasteiger partial charge in [-0.25, -0.2) is 13.8 Å². The Labute approximate surface area is 183 Å². The lowest BCUT2D eigenvalue weighted by Gasteiger charge is -2.24. The minimum Gasteiger partial charge on any atom is -0.271 e. The summed E-state index contributed by atoms with van der Waals surface area (Å²) in [5, 5.41) is 3.96. The van der Waals surface area contributed by atoms with Gasteiger partial charge in [0.05, 0.1) is 16.8 Å². The molecule has 1 N–H and O–H groups in total. The summed E-state index contributed by atoms with van der Waals surface area (Å²) < 4.78 is 27.8. The molecule has 0 bridgehead atoms. The first-order chi connectivity index (χ1) is 14.8. The molecule has 31 heavy (non-hydrogen) atoms. The SMILES string of the molecule is Cc1ccc(/C=N\NC(=O)CN(c2cc(C)cc(C)c2)S(=O)(=O)c2ccccc2)cc1. The van der Waals surface area contributed by atoms with E-state index in [0.717, 1.165) is 26.6 Å². The van der Waals surface area contributed by atoms with Crippen LogP contribution in [-0.2, 0) is 14.8 Å². The Bertz CT molecular complexity index is 1170. The number of hydrazone groups is 1. The van der Waals surface area contributed by atoms with Crippen molar-refractivity contribution >= 4 is 27.8 Å². The monoisotopic (exact) mass is 435 g/mol. The third-order valence-corrected chi connectivity index (χ3v) is 6.38. The summed E-state index contributed by atoms with van der Waals surface area (Å²) in [7, 11) is -3.94. The van der Waals surface area contributed by atoms with Gasteiger partial charge in [0.25, 0.3) is 15.9 Å². The van der Waals surface area contributed by atoms with E-state index in [-0.39, 0.29) is 4.90 Å². The second-order valence-electron chi connectivity index (χ2n) is 7.37. The standard InChI is InChI=1S/C24H25N3O3S/c1-18-9-11-21(12-10-18)16-25-26-24(28)17-27(22-14-19(2)13-20(3)15-22)31(29,30)23-7-5-4-6-8-23/h4-16H,17H2,1-3H3,(H,26,28)/b25-16-. The first-order valence-corrected chi connectivity index (χ1v) is 11.2. The van der Waals surface area contributed by atoms with Gasteiger partial charge < -0.3 is 0 Å². The third kappa shape index (κ3) is 5.79. The van der Waals surface area contributed by atoms with E-state index in [1.165, 1.54) is 18.3 Å². The van der Waals surface area contributed by atoms with Crippen LogP contribution >= 0.6 is 0 Å². The van der Waals surface area contributed by atoms with E-state index in [9.17, 15) is 13.2 Å². The van der Waals surface area contributed by atoms with Gasteiger partial charge >= 0.3 is 0 Å². The van der Waals surface area contributed by atoms with Crippen LogP contribution in [0, 0.1) is 20.8 Å². The molecule has 3 rings (SSSR count). The minimum absolute atomic E-state index is 0.116. The first-order valence-electron chi connectivity index (χ1n) is 9.80. The van der Waals surface area contributed by atoms with Crippen LogP contribution in [0.25, 0.3) is 0 Å². The van der Waals surface area contributed by atoms with Crippen LogP contribution in [0.1, 0.15) is 22.3 Å². The summed E-state index contributed by atoms with van der Waals surface area (Å²) >= 11 is 0. The van der Waals surface area contributed by atoms with Crippen LogP contribution < -0.4 is 9.73 Å². The number of aryl methyl sites for hydroxylation is 3. The smallest absolute Gasteiger partial charge is 0.264 e. The number of sulfonamides is 1. The highest BCUT2D eigenvalue weighted by molar-refractivity contribution is 7.92. The zero-order valence-electron chi connectivity index (χ0n) is 17.7. The fraction of sp³-hybridized carbons (Fsp3) is 0.167. The van der Waals surface area contributed by atoms with E-state index in [2.05, 4.69) is 10.5 Å². The van der Waals surface area contributed by atoms with Crippen LogP contribution in [0.15, 0.2) is 82.8 Å². The molecule has 0 heterocycles. The zero-order chi connectivity index (χ0) is 22.4. The second-order valence-corrected chi connectivity index (χ2v) is 9.24. The Hall–Kier alpha value is -3.45. The van der Waals surface area contributed by atoms with Crippen LogP contribution in [0.3, 0.4) is 0 Å². The van der Waals surface area contributed by atoms with E-state index >= 15 is 0 Å². The van der Waals surface area contributed by atoms with Gasteiger partial charge in [-0.05, 0) is 61.7 Å². The molecule has 1 amide bonds. The summed E-state index contributed by atoms with van der Waals surface area (Å²) in [5.74, 6) is -0.540. The van der Waals surface area contributed by atoms with Gasteiger partial charge in [0, 0.05) is 0 Å². The Morgan fingerprint density at radius 1 is 0.903 bits per heavy atom. The molecule has 0 saturated carbocycles. The van der Waals surface area contributed by atoms with Crippen molar-refractivity contribution in [1.82, 2.24) is 5.43 Å². The second kappa shape index (κ2) is 9.57. The number of benzene rings is 3. The van der Waals surface area contributed by atoms with Crippen LogP contribution in [-0.4, -0.2) is 27.1 Å². The number of hydrogen-bond acceptors (Lipinski definition) is 4. The van der Waals surface area contributed by atoms with E-state index in [1.54, 1.807) is 30.3 Å². The number of carbonyl (C=O) groups is 1. The fourth-order valence-electron chi connectivity index (χ4n) is 3.13. The molecule has 0 saturated heterocycles. The topological polar surface area (TPSA) is 78.8 Å². The number of hydrogen-bond donors (Lipinski definition) is 1. The molecular formula is C24H25N3O3S. The predicted molar refractivity (Wildman–Crippen MR) is 124 cm³/mol. The minimum atomic E-state index is -3.94. The van der Waals surface area contributed by atoms with E-state index < -0.39 is 22.5 Å². The average Bonchev–Trinajstić information content (AvgIpc) is 2.73. The Morgan fingerprint density at radius 3 is 2.13 bits per heavy atom. The molecule has 0 aromatic heterocycles. The molecule has 6 nitrogen and oxygen atoms in total. The van der Waals surface area contributed by atoms with E-state index in [4.69, 9.17) is 0 Å². The number of nitrogens with zero attached hydrogens (tertiary/aromatic N) is 2. The lowest BCUT2D eigenvalue weighted by Crippen LogP contribution is -2.39. The molecule has 0 atom stereocenters. The zero-order valence-corrected chi connectivity index (χ0v) is 18.6. The van der Waals surface area contributed by atoms with Crippen molar-refractivity contribution in [3.63, 3.8) is 0 Å². The van der Waals surface area contributed by atoms with Crippen molar-refractivity contribution < 1.29 is 13.2 Å². The lowest BCUT2D eigenvalue weighted by molar-refractivity contribution is -0.119. The quantitative estimate of drug-likeness (QED) is 0.451. The normalized spacial score (nSPS) is 11.5. The van der Waals surface area contributed by atoms with Gasteiger partial charge in [0.2, 0.25) is 0 Å². The summed E-state index contributed by atoms with van der Waals surface area (Å²) in [5.41, 5.74) is 6.61. The number of nitrogens with one attached hydrogen (secondary N) is 1. The predicted octanol–water partition coefficient (Wildman–Crippen LogP) is 3.96. The molecule has 0 aliphatic heterocycles. The van der Waals surface area contributed by atoms with Crippen molar-refractivity contribution in [2.75, 3.05) is 10.8 Å². The number of anilines is 1. The first kappa shape index (κ1) is 22.2.